The normalized spacial score (nSPS) is 12.1. The molecule has 0 N–H and O–H groups in total. The molecule has 1 unspecified atom stereocenters. The fraction of sp³-hybridized carbons (Fsp3) is 0.429. The maximum Gasteiger partial charge on any atom is 0.0465 e. The molecule has 1 radical (unpaired) electrons. The van der Waals surface area contributed by atoms with Crippen molar-refractivity contribution in [2.75, 3.05) is 0 Å². The largest absolute Gasteiger partial charge is 0.0809 e. The highest BCUT2D eigenvalue weighted by atomic mass is 14.1. The van der Waals surface area contributed by atoms with Crippen LogP contribution in [0.4, 0.5) is 0 Å². The van der Waals surface area contributed by atoms with Gasteiger partial charge in [-0.3, -0.25) is 0 Å². The molecule has 0 bridgehead atoms. The van der Waals surface area contributed by atoms with Gasteiger partial charge in [-0.25, -0.2) is 0 Å². The lowest BCUT2D eigenvalue weighted by Gasteiger charge is -2.13. The minimum absolute atomic E-state index is 0.180. The fourth-order valence-electron chi connectivity index (χ4n) is 1.73. The van der Waals surface area contributed by atoms with Crippen molar-refractivity contribution in [1.29, 1.82) is 0 Å². The van der Waals surface area contributed by atoms with Gasteiger partial charge in [-0.15, -0.1) is 0 Å². The molecule has 1 aromatic carbocycles. The second-order valence-corrected chi connectivity index (χ2v) is 3.85. The van der Waals surface area contributed by atoms with Gasteiger partial charge in [0.15, 0.2) is 0 Å². The summed E-state index contributed by atoms with van der Waals surface area (Å²) < 4.78 is 0. The van der Waals surface area contributed by atoms with Crippen molar-refractivity contribution in [3.63, 3.8) is 0 Å². The molecule has 0 aliphatic carbocycles. The van der Waals surface area contributed by atoms with Crippen LogP contribution in [-0.2, 0) is 0 Å². The third-order valence-corrected chi connectivity index (χ3v) is 2.56. The molecule has 0 saturated heterocycles. The second-order valence-electron chi connectivity index (χ2n) is 3.85. The van der Waals surface area contributed by atoms with E-state index in [1.54, 1.807) is 0 Å². The molecule has 0 heterocycles. The number of rotatable bonds is 3. The van der Waals surface area contributed by atoms with Gasteiger partial charge in [0.05, 0.1) is 0 Å². The molecule has 0 amide bonds. The molecule has 0 aromatic heterocycles. The van der Waals surface area contributed by atoms with Crippen LogP contribution >= 0.6 is 0 Å². The predicted molar refractivity (Wildman–Crippen MR) is 60.7 cm³/mol. The summed E-state index contributed by atoms with van der Waals surface area (Å²) in [6, 6.07) is 6.42. The topological polar surface area (TPSA) is 0 Å². The molecule has 14 heavy (non-hydrogen) atoms. The van der Waals surface area contributed by atoms with Gasteiger partial charge in [-0.05, 0) is 37.8 Å². The molecule has 0 aliphatic rings. The zero-order valence-electron chi connectivity index (χ0n) is 9.22. The average Bonchev–Trinajstić information content (AvgIpc) is 2.18. The highest BCUT2D eigenvalue weighted by molar-refractivity contribution is 5.36. The van der Waals surface area contributed by atoms with E-state index in [9.17, 15) is 0 Å². The molecule has 0 heteroatoms. The smallest absolute Gasteiger partial charge is 0.0465 e. The van der Waals surface area contributed by atoms with Crippen LogP contribution in [0.5, 0.6) is 0 Å². The van der Waals surface area contributed by atoms with Gasteiger partial charge in [-0.1, -0.05) is 43.0 Å². The van der Waals surface area contributed by atoms with Gasteiger partial charge in [0.1, 0.15) is 0 Å². The van der Waals surface area contributed by atoms with Crippen LogP contribution in [0.3, 0.4) is 0 Å². The van der Waals surface area contributed by atoms with Crippen molar-refractivity contribution in [2.45, 2.75) is 39.5 Å². The van der Waals surface area contributed by atoms with Gasteiger partial charge >= 0.3 is 0 Å². The lowest BCUT2D eigenvalue weighted by molar-refractivity contribution is 0.729. The second kappa shape index (κ2) is 4.86. The minimum Gasteiger partial charge on any atom is -0.0809 e. The summed E-state index contributed by atoms with van der Waals surface area (Å²) in [5, 5.41) is 0. The number of hydrogen-bond acceptors (Lipinski definition) is 0. The Kier molecular flexibility index (Phi) is 3.77. The van der Waals surface area contributed by atoms with E-state index in [0.29, 0.717) is 0 Å². The van der Waals surface area contributed by atoms with Crippen LogP contribution < -0.4 is 0 Å². The standard InChI is InChI=1S/C14H17/c1-5-7-13(6-2)14-10-11(3)8-9-12(14)4/h8-10,13H,5,7H2,1,3-4H3. The molecule has 1 rings (SSSR count). The van der Waals surface area contributed by atoms with Crippen molar-refractivity contribution in [3.05, 3.63) is 41.3 Å². The zero-order chi connectivity index (χ0) is 10.6. The summed E-state index contributed by atoms with van der Waals surface area (Å²) >= 11 is 0. The summed E-state index contributed by atoms with van der Waals surface area (Å²) in [6.07, 6.45) is 9.44. The first-order valence-corrected chi connectivity index (χ1v) is 5.18. The Balaban J connectivity index is 3.03. The Morgan fingerprint density at radius 3 is 2.64 bits per heavy atom. The van der Waals surface area contributed by atoms with Crippen molar-refractivity contribution < 1.29 is 0 Å². The summed E-state index contributed by atoms with van der Waals surface area (Å²) in [5.41, 5.74) is 3.80. The quantitative estimate of drug-likeness (QED) is 0.629. The Labute approximate surface area is 87.4 Å². The minimum atomic E-state index is 0.180. The van der Waals surface area contributed by atoms with Crippen LogP contribution in [0.1, 0.15) is 42.4 Å². The molecule has 0 nitrogen and oxygen atoms in total. The third kappa shape index (κ3) is 2.39. The molecule has 0 fully saturated rings. The number of benzene rings is 1. The summed E-state index contributed by atoms with van der Waals surface area (Å²) in [7, 11) is 0. The van der Waals surface area contributed by atoms with Crippen molar-refractivity contribution in [2.24, 2.45) is 0 Å². The van der Waals surface area contributed by atoms with E-state index in [2.05, 4.69) is 44.9 Å². The molecule has 0 spiro atoms. The first-order chi connectivity index (χ1) is 6.69. The highest BCUT2D eigenvalue weighted by Gasteiger charge is 2.09. The summed E-state index contributed by atoms with van der Waals surface area (Å²) in [6.45, 7) is 6.35. The number of aryl methyl sites for hydroxylation is 2. The fourth-order valence-corrected chi connectivity index (χ4v) is 1.73. The Hall–Kier alpha value is -1.22. The van der Waals surface area contributed by atoms with E-state index in [1.165, 1.54) is 16.7 Å². The van der Waals surface area contributed by atoms with Gasteiger partial charge in [0, 0.05) is 5.92 Å². The zero-order valence-corrected chi connectivity index (χ0v) is 9.22. The highest BCUT2D eigenvalue weighted by Crippen LogP contribution is 2.24. The Morgan fingerprint density at radius 1 is 1.36 bits per heavy atom. The van der Waals surface area contributed by atoms with E-state index in [0.717, 1.165) is 12.8 Å². The van der Waals surface area contributed by atoms with Gasteiger partial charge < -0.3 is 0 Å². The van der Waals surface area contributed by atoms with Gasteiger partial charge in [0.25, 0.3) is 0 Å². The van der Waals surface area contributed by atoms with Crippen molar-refractivity contribution in [1.82, 2.24) is 0 Å². The predicted octanol–water partition coefficient (Wildman–Crippen LogP) is 3.78. The first kappa shape index (κ1) is 10.9. The van der Waals surface area contributed by atoms with E-state index in [4.69, 9.17) is 6.42 Å². The van der Waals surface area contributed by atoms with Crippen molar-refractivity contribution >= 4 is 0 Å². The van der Waals surface area contributed by atoms with Crippen molar-refractivity contribution in [3.8, 4) is 5.92 Å². The average molecular weight is 185 g/mol. The van der Waals surface area contributed by atoms with E-state index in [-0.39, 0.29) is 5.92 Å². The Morgan fingerprint density at radius 2 is 2.07 bits per heavy atom. The Bertz CT molecular complexity index is 342. The van der Waals surface area contributed by atoms with E-state index < -0.39 is 0 Å². The molecular formula is C14H17. The van der Waals surface area contributed by atoms with E-state index >= 15 is 0 Å². The molecule has 0 saturated carbocycles. The summed E-state index contributed by atoms with van der Waals surface area (Å²) in [4.78, 5) is 0. The lowest BCUT2D eigenvalue weighted by Crippen LogP contribution is -1.98. The van der Waals surface area contributed by atoms with Crippen LogP contribution in [0.2, 0.25) is 0 Å². The monoisotopic (exact) mass is 185 g/mol. The molecule has 73 valence electrons. The van der Waals surface area contributed by atoms with Crippen LogP contribution in [0.15, 0.2) is 18.2 Å². The lowest BCUT2D eigenvalue weighted by atomic mass is 9.91. The molecular weight excluding hydrogens is 168 g/mol. The molecule has 0 aliphatic heterocycles. The third-order valence-electron chi connectivity index (χ3n) is 2.56. The van der Waals surface area contributed by atoms with Crippen LogP contribution in [0.25, 0.3) is 0 Å². The number of hydrogen-bond donors (Lipinski definition) is 0. The molecule has 1 aromatic rings. The van der Waals surface area contributed by atoms with E-state index in [1.807, 2.05) is 0 Å². The van der Waals surface area contributed by atoms with Crippen LogP contribution in [-0.4, -0.2) is 0 Å². The SMILES string of the molecule is [C]#CC(CCC)c1cc(C)ccc1C. The van der Waals surface area contributed by atoms with Gasteiger partial charge in [-0.2, -0.15) is 0 Å². The maximum absolute atomic E-state index is 7.32. The van der Waals surface area contributed by atoms with Crippen LogP contribution in [0, 0.1) is 26.2 Å². The molecule has 1 atom stereocenters. The first-order valence-electron chi connectivity index (χ1n) is 5.18. The maximum atomic E-state index is 7.32. The summed E-state index contributed by atoms with van der Waals surface area (Å²) in [5.74, 6) is 2.82. The van der Waals surface area contributed by atoms with Gasteiger partial charge in [0.2, 0.25) is 0 Å².